The lowest BCUT2D eigenvalue weighted by Gasteiger charge is -2.39. The molecule has 1 aromatic carbocycles. The van der Waals surface area contributed by atoms with Gasteiger partial charge in [-0.15, -0.1) is 0 Å². The van der Waals surface area contributed by atoms with Crippen LogP contribution in [0.4, 0.5) is 0 Å². The number of rotatable bonds is 5. The van der Waals surface area contributed by atoms with Crippen molar-refractivity contribution >= 4 is 0 Å². The van der Waals surface area contributed by atoms with Gasteiger partial charge in [0.1, 0.15) is 0 Å². The molecule has 1 saturated carbocycles. The van der Waals surface area contributed by atoms with Gasteiger partial charge in [0.15, 0.2) is 0 Å². The topological polar surface area (TPSA) is 24.1 Å². The third-order valence-corrected chi connectivity index (χ3v) is 5.07. The van der Waals surface area contributed by atoms with Crippen LogP contribution in [0.2, 0.25) is 0 Å². The molecule has 0 bridgehead atoms. The second-order valence-corrected chi connectivity index (χ2v) is 6.81. The lowest BCUT2D eigenvalue weighted by atomic mass is 9.73. The summed E-state index contributed by atoms with van der Waals surface area (Å²) in [6.45, 7) is 7.02. The Bertz CT molecular complexity index is 403. The lowest BCUT2D eigenvalue weighted by molar-refractivity contribution is 0.286. The van der Waals surface area contributed by atoms with Crippen LogP contribution in [-0.2, 0) is 5.41 Å². The Labute approximate surface area is 117 Å². The molecule has 0 unspecified atom stereocenters. The highest BCUT2D eigenvalue weighted by Crippen LogP contribution is 2.44. The molecule has 0 aromatic heterocycles. The van der Waals surface area contributed by atoms with E-state index in [1.165, 1.54) is 37.8 Å². The van der Waals surface area contributed by atoms with Gasteiger partial charge in [-0.05, 0) is 49.8 Å². The minimum atomic E-state index is 0.345. The molecule has 3 rings (SSSR count). The zero-order chi connectivity index (χ0) is 13.2. The first-order valence-electron chi connectivity index (χ1n) is 7.70. The molecule has 0 atom stereocenters. The summed E-state index contributed by atoms with van der Waals surface area (Å²) in [7, 11) is 0. The van der Waals surface area contributed by atoms with Gasteiger partial charge in [-0.1, -0.05) is 37.3 Å². The minimum absolute atomic E-state index is 0.345. The molecule has 0 spiro atoms. The summed E-state index contributed by atoms with van der Waals surface area (Å²) in [6, 6.07) is 11.1. The molecule has 1 aliphatic carbocycles. The summed E-state index contributed by atoms with van der Waals surface area (Å²) < 4.78 is 0. The highest BCUT2D eigenvalue weighted by atomic mass is 14.9. The molecule has 1 aliphatic heterocycles. The first-order chi connectivity index (χ1) is 9.23. The smallest absolute Gasteiger partial charge is 0.0102 e. The van der Waals surface area contributed by atoms with E-state index in [4.69, 9.17) is 0 Å². The van der Waals surface area contributed by atoms with E-state index in [1.807, 2.05) is 0 Å². The molecule has 1 aromatic rings. The maximum Gasteiger partial charge on any atom is 0.0102 e. The molecule has 1 heterocycles. The van der Waals surface area contributed by atoms with E-state index < -0.39 is 0 Å². The average Bonchev–Trinajstić information content (AvgIpc) is 3.19. The van der Waals surface area contributed by atoms with Crippen LogP contribution < -0.4 is 10.6 Å². The third-order valence-electron chi connectivity index (χ3n) is 5.07. The third kappa shape index (κ3) is 3.01. The van der Waals surface area contributed by atoms with Gasteiger partial charge in [0.2, 0.25) is 0 Å². The number of hydrogen-bond donors (Lipinski definition) is 2. The molecule has 0 amide bonds. The van der Waals surface area contributed by atoms with Crippen molar-refractivity contribution in [2.75, 3.05) is 26.2 Å². The first-order valence-corrected chi connectivity index (χ1v) is 7.70. The van der Waals surface area contributed by atoms with E-state index >= 15 is 0 Å². The normalized spacial score (nSPS) is 24.1. The number of hydrogen-bond acceptors (Lipinski definition) is 2. The zero-order valence-corrected chi connectivity index (χ0v) is 12.0. The molecule has 0 radical (unpaired) electrons. The Kier molecular flexibility index (Phi) is 3.64. The monoisotopic (exact) mass is 258 g/mol. The average molecular weight is 258 g/mol. The Morgan fingerprint density at radius 1 is 1.00 bits per heavy atom. The standard InChI is InChI=1S/C17H26N2/c1-16(7-8-16)13-19-14-17(9-11-18-12-10-17)15-5-3-2-4-6-15/h2-6,18-19H,7-14H2,1H3. The fourth-order valence-corrected chi connectivity index (χ4v) is 3.26. The van der Waals surface area contributed by atoms with Crippen molar-refractivity contribution in [3.63, 3.8) is 0 Å². The van der Waals surface area contributed by atoms with Crippen molar-refractivity contribution in [1.29, 1.82) is 0 Å². The fraction of sp³-hybridized carbons (Fsp3) is 0.647. The maximum atomic E-state index is 3.77. The predicted octanol–water partition coefficient (Wildman–Crippen LogP) is 2.70. The zero-order valence-electron chi connectivity index (χ0n) is 12.0. The Hall–Kier alpha value is -0.860. The van der Waals surface area contributed by atoms with Crippen molar-refractivity contribution in [1.82, 2.24) is 10.6 Å². The van der Waals surface area contributed by atoms with Gasteiger partial charge >= 0.3 is 0 Å². The molecule has 2 fully saturated rings. The van der Waals surface area contributed by atoms with Crippen LogP contribution in [0.1, 0.15) is 38.2 Å². The molecule has 2 nitrogen and oxygen atoms in total. The largest absolute Gasteiger partial charge is 0.317 e. The van der Waals surface area contributed by atoms with Gasteiger partial charge in [-0.25, -0.2) is 0 Å². The summed E-state index contributed by atoms with van der Waals surface area (Å²) in [5.41, 5.74) is 2.47. The summed E-state index contributed by atoms with van der Waals surface area (Å²) in [6.07, 6.45) is 5.31. The Balaban J connectivity index is 1.69. The van der Waals surface area contributed by atoms with E-state index in [1.54, 1.807) is 0 Å². The van der Waals surface area contributed by atoms with Crippen LogP contribution in [0.25, 0.3) is 0 Å². The van der Waals surface area contributed by atoms with Crippen molar-refractivity contribution < 1.29 is 0 Å². The second-order valence-electron chi connectivity index (χ2n) is 6.81. The summed E-state index contributed by atoms with van der Waals surface area (Å²) >= 11 is 0. The quantitative estimate of drug-likeness (QED) is 0.848. The van der Waals surface area contributed by atoms with Crippen molar-refractivity contribution in [2.24, 2.45) is 5.41 Å². The minimum Gasteiger partial charge on any atom is -0.317 e. The summed E-state index contributed by atoms with van der Waals surface area (Å²) in [4.78, 5) is 0. The first kappa shape index (κ1) is 13.1. The lowest BCUT2D eigenvalue weighted by Crippen LogP contribution is -2.47. The van der Waals surface area contributed by atoms with E-state index in [0.717, 1.165) is 19.6 Å². The SMILES string of the molecule is CC1(CNCC2(c3ccccc3)CCNCC2)CC1. The number of nitrogens with one attached hydrogen (secondary N) is 2. The van der Waals surface area contributed by atoms with E-state index in [2.05, 4.69) is 47.9 Å². The molecule has 19 heavy (non-hydrogen) atoms. The van der Waals surface area contributed by atoms with Gasteiger partial charge in [0, 0.05) is 18.5 Å². The Morgan fingerprint density at radius 3 is 2.32 bits per heavy atom. The van der Waals surface area contributed by atoms with Gasteiger partial charge in [-0.3, -0.25) is 0 Å². The van der Waals surface area contributed by atoms with E-state index in [9.17, 15) is 0 Å². The van der Waals surface area contributed by atoms with Crippen molar-refractivity contribution in [3.05, 3.63) is 35.9 Å². The van der Waals surface area contributed by atoms with Crippen LogP contribution in [0.3, 0.4) is 0 Å². The highest BCUT2D eigenvalue weighted by molar-refractivity contribution is 5.27. The predicted molar refractivity (Wildman–Crippen MR) is 80.4 cm³/mol. The molecular formula is C17H26N2. The summed E-state index contributed by atoms with van der Waals surface area (Å²) in [5, 5.41) is 7.27. The van der Waals surface area contributed by atoms with Crippen LogP contribution in [0.5, 0.6) is 0 Å². The van der Waals surface area contributed by atoms with E-state index in [0.29, 0.717) is 10.8 Å². The van der Waals surface area contributed by atoms with Crippen LogP contribution in [0.15, 0.2) is 30.3 Å². The molecule has 1 saturated heterocycles. The summed E-state index contributed by atoms with van der Waals surface area (Å²) in [5.74, 6) is 0. The van der Waals surface area contributed by atoms with E-state index in [-0.39, 0.29) is 0 Å². The van der Waals surface area contributed by atoms with Gasteiger partial charge in [-0.2, -0.15) is 0 Å². The Morgan fingerprint density at radius 2 is 1.68 bits per heavy atom. The number of piperidine rings is 1. The highest BCUT2D eigenvalue weighted by Gasteiger charge is 2.38. The maximum absolute atomic E-state index is 3.77. The fourth-order valence-electron chi connectivity index (χ4n) is 3.26. The second kappa shape index (κ2) is 5.26. The van der Waals surface area contributed by atoms with Crippen LogP contribution in [-0.4, -0.2) is 26.2 Å². The molecule has 2 aliphatic rings. The number of benzene rings is 1. The van der Waals surface area contributed by atoms with Crippen molar-refractivity contribution in [3.8, 4) is 0 Å². The van der Waals surface area contributed by atoms with Gasteiger partial charge in [0.25, 0.3) is 0 Å². The molecule has 104 valence electrons. The van der Waals surface area contributed by atoms with Crippen LogP contribution >= 0.6 is 0 Å². The van der Waals surface area contributed by atoms with Gasteiger partial charge < -0.3 is 10.6 Å². The molecule has 2 N–H and O–H groups in total. The molecular weight excluding hydrogens is 232 g/mol. The van der Waals surface area contributed by atoms with Gasteiger partial charge in [0.05, 0.1) is 0 Å². The van der Waals surface area contributed by atoms with Crippen molar-refractivity contribution in [2.45, 2.75) is 38.0 Å². The molecule has 2 heteroatoms. The van der Waals surface area contributed by atoms with Crippen LogP contribution in [0, 0.1) is 5.41 Å².